The zero-order chi connectivity index (χ0) is 7.66. The van der Waals surface area contributed by atoms with Crippen molar-refractivity contribution < 1.29 is 4.79 Å². The molecule has 0 saturated heterocycles. The van der Waals surface area contributed by atoms with Crippen LogP contribution >= 0.6 is 0 Å². The van der Waals surface area contributed by atoms with Gasteiger partial charge in [-0.15, -0.1) is 0 Å². The Balaban J connectivity index is 3.11. The van der Waals surface area contributed by atoms with Gasteiger partial charge in [-0.05, 0) is 25.3 Å². The second-order valence-electron chi connectivity index (χ2n) is 2.02. The minimum atomic E-state index is 0.809. The van der Waals surface area contributed by atoms with Gasteiger partial charge in [0.1, 0.15) is 6.29 Å². The molecule has 10 heavy (non-hydrogen) atoms. The van der Waals surface area contributed by atoms with Gasteiger partial charge >= 0.3 is 0 Å². The second kappa shape index (κ2) is 8.15. The van der Waals surface area contributed by atoms with E-state index in [0.717, 1.165) is 25.5 Å². The minimum Gasteiger partial charge on any atom is -0.299 e. The first kappa shape index (κ1) is 9.15. The first-order valence-electron chi connectivity index (χ1n) is 3.67. The number of carbonyl (C=O) groups is 1. The molecule has 56 valence electrons. The summed E-state index contributed by atoms with van der Waals surface area (Å²) in [7, 11) is 0. The van der Waals surface area contributed by atoms with Crippen LogP contribution in [0, 0.1) is 0 Å². The summed E-state index contributed by atoms with van der Waals surface area (Å²) in [5.74, 6) is 0. The third-order valence-electron chi connectivity index (χ3n) is 1.12. The van der Waals surface area contributed by atoms with Gasteiger partial charge in [-0.1, -0.05) is 25.2 Å². The molecule has 0 aromatic rings. The first-order chi connectivity index (χ1) is 4.91. The topological polar surface area (TPSA) is 17.1 Å². The number of hydrogen-bond acceptors (Lipinski definition) is 1. The van der Waals surface area contributed by atoms with Crippen LogP contribution in [0.5, 0.6) is 0 Å². The average molecular weight is 140 g/mol. The lowest BCUT2D eigenvalue weighted by molar-refractivity contribution is -0.104. The van der Waals surface area contributed by atoms with Crippen molar-refractivity contribution in [2.75, 3.05) is 0 Å². The van der Waals surface area contributed by atoms with Crippen molar-refractivity contribution in [1.82, 2.24) is 0 Å². The van der Waals surface area contributed by atoms with E-state index < -0.39 is 0 Å². The summed E-state index contributed by atoms with van der Waals surface area (Å²) in [5.41, 5.74) is 0. The molecular formula is C9H14O. The van der Waals surface area contributed by atoms with Crippen molar-refractivity contribution in [3.8, 4) is 0 Å². The lowest BCUT2D eigenvalue weighted by Crippen LogP contribution is -1.65. The van der Waals surface area contributed by atoms with Crippen molar-refractivity contribution in [2.45, 2.75) is 26.2 Å². The fraction of sp³-hybridized carbons (Fsp3) is 0.444. The van der Waals surface area contributed by atoms with Crippen LogP contribution in [0.3, 0.4) is 0 Å². The van der Waals surface area contributed by atoms with Crippen LogP contribution in [0.4, 0.5) is 0 Å². The maximum Gasteiger partial charge on any atom is 0.142 e. The van der Waals surface area contributed by atoms with Crippen LogP contribution in [-0.2, 0) is 4.79 Å². The Kier molecular flexibility index (Phi) is 7.46. The highest BCUT2D eigenvalue weighted by Gasteiger charge is 1.73. The zero-order valence-corrected chi connectivity index (χ0v) is 6.42. The zero-order valence-electron chi connectivity index (χ0n) is 6.42. The molecule has 0 aliphatic rings. The molecule has 1 heteroatoms. The molecule has 0 spiro atoms. The molecule has 0 aliphatic carbocycles. The molecule has 0 bridgehead atoms. The van der Waals surface area contributed by atoms with Crippen LogP contribution in [0.2, 0.25) is 0 Å². The van der Waals surface area contributed by atoms with Gasteiger partial charge in [-0.3, -0.25) is 4.79 Å². The van der Waals surface area contributed by atoms with Crippen molar-refractivity contribution in [1.29, 1.82) is 0 Å². The average Bonchev–Trinajstić information content (AvgIpc) is 1.97. The molecule has 0 rings (SSSR count). The second-order valence-corrected chi connectivity index (χ2v) is 2.02. The molecule has 0 N–H and O–H groups in total. The van der Waals surface area contributed by atoms with E-state index in [0.29, 0.717) is 0 Å². The Labute approximate surface area is 62.4 Å². The predicted octanol–water partition coefficient (Wildman–Crippen LogP) is 2.49. The minimum absolute atomic E-state index is 0.809. The molecule has 0 aliphatic heterocycles. The van der Waals surface area contributed by atoms with Crippen LogP contribution in [-0.4, -0.2) is 6.29 Å². The fourth-order valence-corrected chi connectivity index (χ4v) is 0.629. The van der Waals surface area contributed by atoms with E-state index in [1.165, 1.54) is 0 Å². The molecule has 0 aromatic heterocycles. The van der Waals surface area contributed by atoms with E-state index in [1.807, 2.05) is 6.08 Å². The Morgan fingerprint density at radius 1 is 1.10 bits per heavy atom. The van der Waals surface area contributed by atoms with Crippen molar-refractivity contribution >= 4 is 6.29 Å². The number of carbonyl (C=O) groups excluding carboxylic acids is 1. The van der Waals surface area contributed by atoms with Gasteiger partial charge in [0, 0.05) is 0 Å². The molecule has 0 fully saturated rings. The van der Waals surface area contributed by atoms with Gasteiger partial charge in [-0.25, -0.2) is 0 Å². The van der Waals surface area contributed by atoms with E-state index in [4.69, 9.17) is 0 Å². The molecule has 0 saturated carbocycles. The van der Waals surface area contributed by atoms with Gasteiger partial charge in [0.2, 0.25) is 0 Å². The molecular weight excluding hydrogens is 126 g/mol. The monoisotopic (exact) mass is 140 g/mol. The van der Waals surface area contributed by atoms with Gasteiger partial charge in [0.25, 0.3) is 0 Å². The summed E-state index contributed by atoms with van der Waals surface area (Å²) in [6, 6.07) is 0. The number of rotatable bonds is 5. The number of unbranched alkanes of at least 4 members (excludes halogenated alkanes) is 1. The van der Waals surface area contributed by atoms with Gasteiger partial charge in [0.05, 0.1) is 0 Å². The Morgan fingerprint density at radius 3 is 2.40 bits per heavy atom. The number of aldehydes is 1. The smallest absolute Gasteiger partial charge is 0.142 e. The highest BCUT2D eigenvalue weighted by Crippen LogP contribution is 1.92. The van der Waals surface area contributed by atoms with Crippen LogP contribution in [0.25, 0.3) is 0 Å². The third kappa shape index (κ3) is 7.15. The molecule has 0 amide bonds. The highest BCUT2D eigenvalue weighted by molar-refractivity contribution is 5.64. The fourth-order valence-electron chi connectivity index (χ4n) is 0.629. The van der Waals surface area contributed by atoms with Crippen LogP contribution in [0.15, 0.2) is 24.3 Å². The van der Waals surface area contributed by atoms with Crippen molar-refractivity contribution in [2.24, 2.45) is 0 Å². The summed E-state index contributed by atoms with van der Waals surface area (Å²) in [4.78, 5) is 9.79. The van der Waals surface area contributed by atoms with Crippen LogP contribution < -0.4 is 0 Å². The summed E-state index contributed by atoms with van der Waals surface area (Å²) in [5, 5.41) is 0. The largest absolute Gasteiger partial charge is 0.299 e. The molecule has 1 nitrogen and oxygen atoms in total. The van der Waals surface area contributed by atoms with Crippen LogP contribution in [0.1, 0.15) is 26.2 Å². The molecule has 0 atom stereocenters. The van der Waals surface area contributed by atoms with Gasteiger partial charge in [0.15, 0.2) is 0 Å². The SMILES string of the molecule is CC/C=C\CC/C=[13CH]/[13CH]=O. The maximum absolute atomic E-state index is 9.79. The van der Waals surface area contributed by atoms with E-state index in [2.05, 4.69) is 19.1 Å². The lowest BCUT2D eigenvalue weighted by Gasteiger charge is -1.83. The molecule has 0 heterocycles. The maximum atomic E-state index is 9.79. The standard InChI is InChI=1S/C9H14O/c1-2-3-4-5-6-7-8-9-10/h3-4,7-9H,2,5-6H2,1H3/b4-3-,8-7+/i8+1,9+1. The summed E-state index contributed by atoms with van der Waals surface area (Å²) in [6.07, 6.45) is 11.6. The first-order valence-corrected chi connectivity index (χ1v) is 3.67. The van der Waals surface area contributed by atoms with Gasteiger partial charge in [-0.2, -0.15) is 0 Å². The summed E-state index contributed by atoms with van der Waals surface area (Å²) < 4.78 is 0. The quantitative estimate of drug-likeness (QED) is 0.188. The number of hydrogen-bond donors (Lipinski definition) is 0. The Bertz CT molecular complexity index is 123. The summed E-state index contributed by atoms with van der Waals surface area (Å²) >= 11 is 0. The number of allylic oxidation sites excluding steroid dienone is 4. The molecule has 0 aromatic carbocycles. The molecule has 0 unspecified atom stereocenters. The van der Waals surface area contributed by atoms with Crippen molar-refractivity contribution in [3.05, 3.63) is 24.3 Å². The predicted molar refractivity (Wildman–Crippen MR) is 43.9 cm³/mol. The lowest BCUT2D eigenvalue weighted by atomic mass is 10.3. The Morgan fingerprint density at radius 2 is 1.80 bits per heavy atom. The molecule has 0 radical (unpaired) electrons. The van der Waals surface area contributed by atoms with E-state index >= 15 is 0 Å². The normalized spacial score (nSPS) is 11.3. The summed E-state index contributed by atoms with van der Waals surface area (Å²) in [6.45, 7) is 2.11. The highest BCUT2D eigenvalue weighted by atomic mass is 16.2. The van der Waals surface area contributed by atoms with Crippen molar-refractivity contribution in [3.63, 3.8) is 0 Å². The van der Waals surface area contributed by atoms with E-state index in [1.54, 1.807) is 6.08 Å². The third-order valence-corrected chi connectivity index (χ3v) is 1.12. The van der Waals surface area contributed by atoms with E-state index in [-0.39, 0.29) is 0 Å². The van der Waals surface area contributed by atoms with Gasteiger partial charge < -0.3 is 0 Å². The van der Waals surface area contributed by atoms with E-state index in [9.17, 15) is 4.79 Å². The Hall–Kier alpha value is -0.850.